The van der Waals surface area contributed by atoms with Gasteiger partial charge in [-0.2, -0.15) is 0 Å². The van der Waals surface area contributed by atoms with Crippen LogP contribution in [0, 0.1) is 58.7 Å². The zero-order valence-electron chi connectivity index (χ0n) is 27.6. The van der Waals surface area contributed by atoms with E-state index in [0.29, 0.717) is 22.7 Å². The Morgan fingerprint density at radius 1 is 1.09 bits per heavy atom. The molecule has 0 bridgehead atoms. The number of azide groups is 1. The summed E-state index contributed by atoms with van der Waals surface area (Å²) in [5.41, 5.74) is 9.05. The maximum absolute atomic E-state index is 12.6. The third-order valence-corrected chi connectivity index (χ3v) is 12.2. The second-order valence-corrected chi connectivity index (χ2v) is 14.6. The number of fused-ring (bicyclic) bond motifs is 5. The quantitative estimate of drug-likeness (QED) is 0.0384. The van der Waals surface area contributed by atoms with Crippen molar-refractivity contribution in [1.82, 2.24) is 10.6 Å². The second-order valence-electron chi connectivity index (χ2n) is 14.6. The van der Waals surface area contributed by atoms with Gasteiger partial charge in [0, 0.05) is 17.9 Å². The third kappa shape index (κ3) is 8.55. The molecule has 4 rings (SSSR count). The molecule has 0 aromatic rings. The van der Waals surface area contributed by atoms with Crippen LogP contribution in [-0.2, 0) is 14.3 Å². The molecule has 0 aliphatic heterocycles. The van der Waals surface area contributed by atoms with Crippen molar-refractivity contribution < 1.29 is 24.2 Å². The number of nitrogens with one attached hydrogen (secondary N) is 2. The van der Waals surface area contributed by atoms with Crippen molar-refractivity contribution in [2.24, 2.45) is 51.5 Å². The van der Waals surface area contributed by atoms with E-state index in [1.54, 1.807) is 0 Å². The highest BCUT2D eigenvalue weighted by Crippen LogP contribution is 2.68. The molecule has 0 spiro atoms. The summed E-state index contributed by atoms with van der Waals surface area (Å²) in [5.74, 6) is 6.65. The molecule has 10 heteroatoms. The van der Waals surface area contributed by atoms with Crippen molar-refractivity contribution in [3.8, 4) is 12.3 Å². The number of alkyl carbamates (subject to hydrolysis) is 1. The van der Waals surface area contributed by atoms with Crippen LogP contribution in [0.1, 0.15) is 97.8 Å². The van der Waals surface area contributed by atoms with Gasteiger partial charge in [0.05, 0.1) is 19.3 Å². The number of carbonyl (C=O) groups is 2. The summed E-state index contributed by atoms with van der Waals surface area (Å²) < 4.78 is 10.3. The number of ether oxygens (including phenoxy) is 2. The average Bonchev–Trinajstić information content (AvgIpc) is 3.36. The first-order chi connectivity index (χ1) is 21.6. The van der Waals surface area contributed by atoms with E-state index >= 15 is 0 Å². The normalized spacial score (nSPS) is 35.1. The Kier molecular flexibility index (Phi) is 12.6. The van der Waals surface area contributed by atoms with Gasteiger partial charge in [-0.05, 0) is 129 Å². The molecule has 45 heavy (non-hydrogen) atoms. The van der Waals surface area contributed by atoms with Crippen molar-refractivity contribution in [2.75, 3.05) is 26.4 Å². The van der Waals surface area contributed by atoms with Gasteiger partial charge < -0.3 is 25.2 Å². The molecule has 4 fully saturated rings. The van der Waals surface area contributed by atoms with Crippen LogP contribution < -0.4 is 10.6 Å². The second kappa shape index (κ2) is 16.2. The minimum absolute atomic E-state index is 0.0176. The van der Waals surface area contributed by atoms with E-state index in [1.807, 2.05) is 6.08 Å². The number of aliphatic hydroxyl groups excluding tert-OH is 1. The standard InChI is InChI=1S/C35H55N5O5/c1-5-8-31(39-33(43)45-22-21-44-20-19-37-40-36)38-32(42)10-7-6-9-24(2)28-13-14-29-27-12-11-25-23-26(41)15-17-34(25,3)30(27)16-18-35(28,29)4/h1,7,10,24-31,41H,6,8-9,11-23H2,2-4H3,(H,38,42)(H,39,43). The van der Waals surface area contributed by atoms with Crippen LogP contribution in [0.4, 0.5) is 4.79 Å². The Morgan fingerprint density at radius 3 is 2.64 bits per heavy atom. The minimum Gasteiger partial charge on any atom is -0.447 e. The van der Waals surface area contributed by atoms with Gasteiger partial charge in [0.15, 0.2) is 0 Å². The Bertz CT molecular complexity index is 1130. The van der Waals surface area contributed by atoms with Crippen molar-refractivity contribution in [1.29, 1.82) is 0 Å². The molecule has 4 saturated carbocycles. The van der Waals surface area contributed by atoms with Crippen molar-refractivity contribution in [3.63, 3.8) is 0 Å². The van der Waals surface area contributed by atoms with Gasteiger partial charge in [-0.15, -0.1) is 12.3 Å². The number of nitrogens with zero attached hydrogens (tertiary/aromatic N) is 3. The van der Waals surface area contributed by atoms with Crippen LogP contribution in [0.2, 0.25) is 0 Å². The summed E-state index contributed by atoms with van der Waals surface area (Å²) in [6.45, 7) is 8.19. The molecule has 0 saturated heterocycles. The Hall–Kier alpha value is -2.73. The topological polar surface area (TPSA) is 146 Å². The highest BCUT2D eigenvalue weighted by molar-refractivity contribution is 5.88. The minimum atomic E-state index is -0.744. The van der Waals surface area contributed by atoms with E-state index in [0.717, 1.165) is 49.4 Å². The molecule has 2 amide bonds. The van der Waals surface area contributed by atoms with E-state index in [1.165, 1.54) is 51.0 Å². The molecule has 0 aromatic heterocycles. The van der Waals surface area contributed by atoms with E-state index in [-0.39, 0.29) is 44.8 Å². The van der Waals surface area contributed by atoms with Crippen LogP contribution in [0.5, 0.6) is 0 Å². The van der Waals surface area contributed by atoms with E-state index in [4.69, 9.17) is 21.4 Å². The fraction of sp³-hybridized carbons (Fsp3) is 0.829. The van der Waals surface area contributed by atoms with Gasteiger partial charge in [0.25, 0.3) is 0 Å². The Labute approximate surface area is 269 Å². The summed E-state index contributed by atoms with van der Waals surface area (Å²) in [7, 11) is 0. The summed E-state index contributed by atoms with van der Waals surface area (Å²) in [6.07, 6.45) is 20.5. The SMILES string of the molecule is C#CCC(NC(=O)C=CCCC(C)C1CCC2C3CCC4CC(O)CCC4(C)C3CCC12C)NC(=O)OCCOCCN=[N+]=[N-]. The predicted octanol–water partition coefficient (Wildman–Crippen LogP) is 6.50. The van der Waals surface area contributed by atoms with Crippen LogP contribution >= 0.6 is 0 Å². The third-order valence-electron chi connectivity index (χ3n) is 12.2. The van der Waals surface area contributed by atoms with Crippen molar-refractivity contribution in [3.05, 3.63) is 22.6 Å². The predicted molar refractivity (Wildman–Crippen MR) is 173 cm³/mol. The van der Waals surface area contributed by atoms with E-state index in [2.05, 4.69) is 47.4 Å². The number of hydrogen-bond donors (Lipinski definition) is 3. The van der Waals surface area contributed by atoms with Gasteiger partial charge >= 0.3 is 6.09 Å². The van der Waals surface area contributed by atoms with Gasteiger partial charge in [-0.3, -0.25) is 4.79 Å². The van der Waals surface area contributed by atoms with E-state index < -0.39 is 12.3 Å². The number of amides is 2. The van der Waals surface area contributed by atoms with E-state index in [9.17, 15) is 14.7 Å². The fourth-order valence-electron chi connectivity index (χ4n) is 10.1. The Morgan fingerprint density at radius 2 is 1.87 bits per heavy atom. The molecule has 10 atom stereocenters. The van der Waals surface area contributed by atoms with Crippen molar-refractivity contribution >= 4 is 12.0 Å². The Balaban J connectivity index is 1.20. The lowest BCUT2D eigenvalue weighted by Gasteiger charge is -2.61. The van der Waals surface area contributed by atoms with Crippen LogP contribution in [-0.4, -0.2) is 55.7 Å². The fourth-order valence-corrected chi connectivity index (χ4v) is 10.1. The first kappa shape index (κ1) is 35.1. The molecule has 4 aliphatic rings. The molecule has 4 aliphatic carbocycles. The highest BCUT2D eigenvalue weighted by Gasteiger charge is 2.60. The molecular formula is C35H55N5O5. The van der Waals surface area contributed by atoms with Crippen molar-refractivity contribution in [2.45, 2.75) is 110 Å². The summed E-state index contributed by atoms with van der Waals surface area (Å²) in [5, 5.41) is 19.0. The van der Waals surface area contributed by atoms with Crippen LogP contribution in [0.15, 0.2) is 17.3 Å². The largest absolute Gasteiger partial charge is 0.447 e. The lowest BCUT2D eigenvalue weighted by molar-refractivity contribution is -0.129. The number of hydrogen-bond acceptors (Lipinski definition) is 6. The molecule has 0 radical (unpaired) electrons. The lowest BCUT2D eigenvalue weighted by atomic mass is 9.44. The summed E-state index contributed by atoms with van der Waals surface area (Å²) in [4.78, 5) is 27.3. The number of allylic oxidation sites excluding steroid dienone is 1. The smallest absolute Gasteiger partial charge is 0.408 e. The first-order valence-electron chi connectivity index (χ1n) is 17.2. The lowest BCUT2D eigenvalue weighted by Crippen LogP contribution is -2.54. The molecular weight excluding hydrogens is 570 g/mol. The van der Waals surface area contributed by atoms with Gasteiger partial charge in [-0.1, -0.05) is 32.0 Å². The molecule has 0 aromatic carbocycles. The molecule has 10 nitrogen and oxygen atoms in total. The monoisotopic (exact) mass is 625 g/mol. The molecule has 0 heterocycles. The number of carbonyl (C=O) groups excluding carboxylic acids is 2. The van der Waals surface area contributed by atoms with Crippen LogP contribution in [0.25, 0.3) is 10.4 Å². The van der Waals surface area contributed by atoms with Crippen LogP contribution in [0.3, 0.4) is 0 Å². The summed E-state index contributed by atoms with van der Waals surface area (Å²) in [6, 6.07) is 0. The molecule has 250 valence electrons. The summed E-state index contributed by atoms with van der Waals surface area (Å²) >= 11 is 0. The highest BCUT2D eigenvalue weighted by atomic mass is 16.6. The zero-order chi connectivity index (χ0) is 32.5. The maximum atomic E-state index is 12.6. The molecule has 10 unspecified atom stereocenters. The maximum Gasteiger partial charge on any atom is 0.408 e. The van der Waals surface area contributed by atoms with Gasteiger partial charge in [-0.25, -0.2) is 4.79 Å². The molecule has 3 N–H and O–H groups in total. The zero-order valence-corrected chi connectivity index (χ0v) is 27.6. The average molecular weight is 626 g/mol. The van der Waals surface area contributed by atoms with Gasteiger partial charge in [0.2, 0.25) is 5.91 Å². The van der Waals surface area contributed by atoms with Gasteiger partial charge in [0.1, 0.15) is 12.8 Å². The number of aliphatic hydroxyl groups is 1. The number of rotatable bonds is 14. The first-order valence-corrected chi connectivity index (χ1v) is 17.2. The number of terminal acetylenes is 1.